The Balaban J connectivity index is 1.55. The van der Waals surface area contributed by atoms with E-state index in [0.717, 1.165) is 47.6 Å². The zero-order valence-electron chi connectivity index (χ0n) is 15.6. The van der Waals surface area contributed by atoms with E-state index in [1.165, 1.54) is 36.5 Å². The molecule has 1 atom stereocenters. The number of amides is 3. The lowest BCUT2D eigenvalue weighted by atomic mass is 10.1. The first kappa shape index (κ1) is 19.2. The third-order valence-electron chi connectivity index (χ3n) is 5.21. The topological polar surface area (TPSA) is 123 Å². The second-order valence-corrected chi connectivity index (χ2v) is 8.14. The quantitative estimate of drug-likeness (QED) is 0.355. The van der Waals surface area contributed by atoms with Crippen LogP contribution in [0.4, 0.5) is 10.8 Å². The van der Waals surface area contributed by atoms with Crippen LogP contribution in [-0.2, 0) is 17.6 Å². The molecule has 9 nitrogen and oxygen atoms in total. The van der Waals surface area contributed by atoms with Crippen molar-refractivity contribution in [2.24, 2.45) is 0 Å². The van der Waals surface area contributed by atoms with Gasteiger partial charge in [-0.05, 0) is 38.7 Å². The maximum Gasteiger partial charge on any atom is 0.282 e. The first-order valence-electron chi connectivity index (χ1n) is 9.33. The lowest BCUT2D eigenvalue weighted by molar-refractivity contribution is -0.385. The molecule has 0 bridgehead atoms. The zero-order chi connectivity index (χ0) is 20.7. The summed E-state index contributed by atoms with van der Waals surface area (Å²) in [4.78, 5) is 55.0. The molecule has 10 heteroatoms. The molecule has 0 saturated heterocycles. The average Bonchev–Trinajstić information content (AvgIpc) is 3.09. The average molecular weight is 414 g/mol. The Morgan fingerprint density at radius 1 is 1.24 bits per heavy atom. The Labute approximate surface area is 169 Å². The number of aryl methyl sites for hydroxylation is 2. The third kappa shape index (κ3) is 3.29. The van der Waals surface area contributed by atoms with Crippen LogP contribution in [0.3, 0.4) is 0 Å². The number of benzene rings is 1. The number of carbonyl (C=O) groups is 3. The van der Waals surface area contributed by atoms with Crippen molar-refractivity contribution in [3.05, 3.63) is 50.0 Å². The number of hydrogen-bond donors (Lipinski definition) is 1. The highest BCUT2D eigenvalue weighted by Crippen LogP contribution is 2.33. The molecule has 4 rings (SSSR count). The lowest BCUT2D eigenvalue weighted by Gasteiger charge is -2.20. The van der Waals surface area contributed by atoms with Gasteiger partial charge < -0.3 is 5.32 Å². The minimum absolute atomic E-state index is 0.0650. The van der Waals surface area contributed by atoms with Crippen LogP contribution in [0.1, 0.15) is 57.5 Å². The van der Waals surface area contributed by atoms with Crippen molar-refractivity contribution in [2.45, 2.75) is 45.1 Å². The van der Waals surface area contributed by atoms with E-state index in [-0.39, 0.29) is 11.1 Å². The lowest BCUT2D eigenvalue weighted by Crippen LogP contribution is -2.45. The summed E-state index contributed by atoms with van der Waals surface area (Å²) in [5, 5.41) is 14.4. The molecule has 0 saturated carbocycles. The third-order valence-corrected chi connectivity index (χ3v) is 6.29. The van der Waals surface area contributed by atoms with E-state index in [1.54, 1.807) is 0 Å². The molecule has 150 valence electrons. The van der Waals surface area contributed by atoms with Gasteiger partial charge in [-0.1, -0.05) is 12.5 Å². The molecular formula is C19H18N4O5S. The number of nitro groups is 1. The fourth-order valence-corrected chi connectivity index (χ4v) is 4.75. The highest BCUT2D eigenvalue weighted by molar-refractivity contribution is 7.15. The Bertz CT molecular complexity index is 1020. The van der Waals surface area contributed by atoms with Crippen LogP contribution in [0.5, 0.6) is 0 Å². The number of nitro benzene ring substituents is 1. The van der Waals surface area contributed by atoms with Crippen molar-refractivity contribution in [2.75, 3.05) is 5.32 Å². The number of rotatable bonds is 4. The number of nitrogens with one attached hydrogen (secondary N) is 1. The molecule has 0 fully saturated rings. The van der Waals surface area contributed by atoms with Gasteiger partial charge in [-0.3, -0.25) is 29.4 Å². The summed E-state index contributed by atoms with van der Waals surface area (Å²) in [5.41, 5.74) is 0.208. The van der Waals surface area contributed by atoms with Crippen LogP contribution in [0, 0.1) is 10.1 Å². The van der Waals surface area contributed by atoms with Gasteiger partial charge >= 0.3 is 0 Å². The molecule has 1 aromatic heterocycles. The van der Waals surface area contributed by atoms with Crippen LogP contribution < -0.4 is 5.32 Å². The molecule has 1 aliphatic heterocycles. The van der Waals surface area contributed by atoms with Gasteiger partial charge in [0.25, 0.3) is 17.5 Å². The van der Waals surface area contributed by atoms with Gasteiger partial charge in [0.05, 0.1) is 16.2 Å². The summed E-state index contributed by atoms with van der Waals surface area (Å²) in [6, 6.07) is 2.73. The number of fused-ring (bicyclic) bond motifs is 2. The van der Waals surface area contributed by atoms with Gasteiger partial charge in [0.15, 0.2) is 5.13 Å². The normalized spacial score (nSPS) is 16.8. The van der Waals surface area contributed by atoms with Crippen molar-refractivity contribution in [3.8, 4) is 0 Å². The van der Waals surface area contributed by atoms with Gasteiger partial charge in [0, 0.05) is 10.9 Å². The van der Waals surface area contributed by atoms with E-state index in [1.807, 2.05) is 0 Å². The monoisotopic (exact) mass is 414 g/mol. The zero-order valence-corrected chi connectivity index (χ0v) is 16.5. The second kappa shape index (κ2) is 7.36. The first-order chi connectivity index (χ1) is 13.9. The summed E-state index contributed by atoms with van der Waals surface area (Å²) in [6.07, 6.45) is 5.12. The van der Waals surface area contributed by atoms with Crippen LogP contribution in [0.25, 0.3) is 0 Å². The van der Waals surface area contributed by atoms with Crippen LogP contribution in [0.15, 0.2) is 18.2 Å². The molecule has 2 aliphatic rings. The van der Waals surface area contributed by atoms with Gasteiger partial charge in [0.2, 0.25) is 5.91 Å². The summed E-state index contributed by atoms with van der Waals surface area (Å²) in [5.74, 6) is -2.12. The molecule has 2 aromatic rings. The highest BCUT2D eigenvalue weighted by Gasteiger charge is 2.45. The fourth-order valence-electron chi connectivity index (χ4n) is 3.70. The van der Waals surface area contributed by atoms with E-state index < -0.39 is 34.4 Å². The second-order valence-electron chi connectivity index (χ2n) is 7.05. The Hall–Kier alpha value is -3.14. The Morgan fingerprint density at radius 2 is 2.00 bits per heavy atom. The molecule has 1 unspecified atom stereocenters. The van der Waals surface area contributed by atoms with Crippen molar-refractivity contribution < 1.29 is 19.3 Å². The molecule has 2 heterocycles. The Kier molecular flexibility index (Phi) is 4.87. The SMILES string of the molecule is CC(C(=O)Nc1nc2c(s1)CCCCC2)N1C(=O)c2cccc([N+](=O)[O-])c2C1=O. The van der Waals surface area contributed by atoms with Crippen LogP contribution in [0.2, 0.25) is 0 Å². The molecule has 0 radical (unpaired) electrons. The predicted molar refractivity (Wildman–Crippen MR) is 105 cm³/mol. The van der Waals surface area contributed by atoms with Crippen molar-refractivity contribution in [3.63, 3.8) is 0 Å². The van der Waals surface area contributed by atoms with Crippen LogP contribution >= 0.6 is 11.3 Å². The number of aromatic nitrogens is 1. The number of thiazole rings is 1. The Morgan fingerprint density at radius 3 is 2.76 bits per heavy atom. The summed E-state index contributed by atoms with van der Waals surface area (Å²) >= 11 is 1.41. The fraction of sp³-hybridized carbons (Fsp3) is 0.368. The van der Waals surface area contributed by atoms with Crippen molar-refractivity contribution in [1.82, 2.24) is 9.88 Å². The van der Waals surface area contributed by atoms with E-state index in [9.17, 15) is 24.5 Å². The van der Waals surface area contributed by atoms with E-state index in [4.69, 9.17) is 0 Å². The minimum Gasteiger partial charge on any atom is -0.300 e. The standard InChI is InChI=1S/C19H18N4O5S/c1-10(16(24)21-19-20-12-7-3-2-4-9-14(12)29-19)22-17(25)11-6-5-8-13(23(27)28)15(11)18(22)26/h5-6,8,10H,2-4,7,9H2,1H3,(H,20,21,24). The number of nitrogens with zero attached hydrogens (tertiary/aromatic N) is 3. The van der Waals surface area contributed by atoms with Crippen molar-refractivity contribution in [1.29, 1.82) is 0 Å². The maximum absolute atomic E-state index is 12.7. The number of hydrogen-bond acceptors (Lipinski definition) is 7. The summed E-state index contributed by atoms with van der Waals surface area (Å²) in [6.45, 7) is 1.42. The van der Waals surface area contributed by atoms with Gasteiger partial charge in [-0.15, -0.1) is 11.3 Å². The van der Waals surface area contributed by atoms with Gasteiger partial charge in [0.1, 0.15) is 11.6 Å². The first-order valence-corrected chi connectivity index (χ1v) is 10.1. The smallest absolute Gasteiger partial charge is 0.282 e. The number of anilines is 1. The molecule has 1 aliphatic carbocycles. The summed E-state index contributed by atoms with van der Waals surface area (Å²) < 4.78 is 0. The van der Waals surface area contributed by atoms with E-state index >= 15 is 0 Å². The largest absolute Gasteiger partial charge is 0.300 e. The molecule has 0 spiro atoms. The number of imide groups is 1. The highest BCUT2D eigenvalue weighted by atomic mass is 32.1. The molecule has 29 heavy (non-hydrogen) atoms. The molecular weight excluding hydrogens is 396 g/mol. The predicted octanol–water partition coefficient (Wildman–Crippen LogP) is 2.94. The molecule has 3 amide bonds. The van der Waals surface area contributed by atoms with Crippen molar-refractivity contribution >= 4 is 39.9 Å². The van der Waals surface area contributed by atoms with Gasteiger partial charge in [-0.2, -0.15) is 0 Å². The van der Waals surface area contributed by atoms with Crippen LogP contribution in [-0.4, -0.2) is 38.6 Å². The maximum atomic E-state index is 12.7. The van der Waals surface area contributed by atoms with E-state index in [0.29, 0.717) is 5.13 Å². The minimum atomic E-state index is -1.13. The molecule has 1 N–H and O–H groups in total. The van der Waals surface area contributed by atoms with Gasteiger partial charge in [-0.25, -0.2) is 4.98 Å². The molecule has 1 aromatic carbocycles. The summed E-state index contributed by atoms with van der Waals surface area (Å²) in [7, 11) is 0. The number of carbonyl (C=O) groups excluding carboxylic acids is 3. The van der Waals surface area contributed by atoms with E-state index in [2.05, 4.69) is 10.3 Å².